The standard InChI is InChI=1S/C13H15N5O3/c1-17-6-5-14-11(17)8-18(2)13(21)16-9-3-4-10(12(19)20)15-7-9/h3-7H,8H2,1-2H3,(H,16,21)(H,19,20). The van der Waals surface area contributed by atoms with Crippen LogP contribution in [-0.4, -0.2) is 43.6 Å². The molecular formula is C13H15N5O3. The zero-order valence-electron chi connectivity index (χ0n) is 11.6. The Labute approximate surface area is 121 Å². The topological polar surface area (TPSA) is 100 Å². The lowest BCUT2D eigenvalue weighted by Crippen LogP contribution is -2.31. The highest BCUT2D eigenvalue weighted by Crippen LogP contribution is 2.08. The summed E-state index contributed by atoms with van der Waals surface area (Å²) in [6.07, 6.45) is 4.77. The number of pyridine rings is 1. The summed E-state index contributed by atoms with van der Waals surface area (Å²) in [5.41, 5.74) is 0.353. The van der Waals surface area contributed by atoms with Gasteiger partial charge in [-0.15, -0.1) is 0 Å². The minimum Gasteiger partial charge on any atom is -0.477 e. The molecule has 8 heteroatoms. The van der Waals surface area contributed by atoms with Crippen LogP contribution >= 0.6 is 0 Å². The maximum atomic E-state index is 12.0. The molecule has 0 aliphatic heterocycles. The zero-order valence-corrected chi connectivity index (χ0v) is 11.6. The average molecular weight is 289 g/mol. The highest BCUT2D eigenvalue weighted by molar-refractivity contribution is 5.90. The summed E-state index contributed by atoms with van der Waals surface area (Å²) in [6.45, 7) is 0.357. The van der Waals surface area contributed by atoms with Gasteiger partial charge in [0.2, 0.25) is 0 Å². The fraction of sp³-hybridized carbons (Fsp3) is 0.231. The van der Waals surface area contributed by atoms with Crippen LogP contribution in [0.1, 0.15) is 16.3 Å². The molecule has 110 valence electrons. The summed E-state index contributed by atoms with van der Waals surface area (Å²) < 4.78 is 1.83. The van der Waals surface area contributed by atoms with E-state index in [0.29, 0.717) is 12.2 Å². The number of aromatic carboxylic acids is 1. The van der Waals surface area contributed by atoms with Crippen LogP contribution in [0.4, 0.5) is 10.5 Å². The van der Waals surface area contributed by atoms with Crippen molar-refractivity contribution in [3.8, 4) is 0 Å². The van der Waals surface area contributed by atoms with E-state index in [9.17, 15) is 9.59 Å². The number of rotatable bonds is 4. The fourth-order valence-corrected chi connectivity index (χ4v) is 1.65. The molecule has 0 aromatic carbocycles. The van der Waals surface area contributed by atoms with Gasteiger partial charge in [0.05, 0.1) is 18.4 Å². The Morgan fingerprint density at radius 1 is 1.38 bits per heavy atom. The molecule has 8 nitrogen and oxygen atoms in total. The summed E-state index contributed by atoms with van der Waals surface area (Å²) in [5.74, 6) is -0.355. The highest BCUT2D eigenvalue weighted by Gasteiger charge is 2.12. The maximum absolute atomic E-state index is 12.0. The van der Waals surface area contributed by atoms with Crippen molar-refractivity contribution < 1.29 is 14.7 Å². The van der Waals surface area contributed by atoms with Crippen molar-refractivity contribution in [1.29, 1.82) is 0 Å². The van der Waals surface area contributed by atoms with Crippen LogP contribution < -0.4 is 5.32 Å². The van der Waals surface area contributed by atoms with Gasteiger partial charge >= 0.3 is 12.0 Å². The van der Waals surface area contributed by atoms with Crippen LogP contribution in [0, 0.1) is 0 Å². The average Bonchev–Trinajstić information content (AvgIpc) is 2.84. The molecule has 0 saturated carbocycles. The van der Waals surface area contributed by atoms with Gasteiger partial charge in [0.15, 0.2) is 0 Å². The van der Waals surface area contributed by atoms with Crippen LogP contribution in [0.2, 0.25) is 0 Å². The predicted molar refractivity (Wildman–Crippen MR) is 74.9 cm³/mol. The largest absolute Gasteiger partial charge is 0.477 e. The van der Waals surface area contributed by atoms with Crippen molar-refractivity contribution in [2.24, 2.45) is 7.05 Å². The molecule has 21 heavy (non-hydrogen) atoms. The van der Waals surface area contributed by atoms with Crippen molar-refractivity contribution in [2.45, 2.75) is 6.54 Å². The van der Waals surface area contributed by atoms with Gasteiger partial charge in [-0.2, -0.15) is 0 Å². The van der Waals surface area contributed by atoms with Crippen molar-refractivity contribution in [1.82, 2.24) is 19.4 Å². The molecule has 2 aromatic rings. The van der Waals surface area contributed by atoms with E-state index >= 15 is 0 Å². The molecule has 0 unspecified atom stereocenters. The Kier molecular flexibility index (Phi) is 4.17. The number of aryl methyl sites for hydroxylation is 1. The van der Waals surface area contributed by atoms with Crippen molar-refractivity contribution in [3.63, 3.8) is 0 Å². The molecular weight excluding hydrogens is 274 g/mol. The molecule has 2 amide bonds. The van der Waals surface area contributed by atoms with E-state index in [4.69, 9.17) is 5.11 Å². The van der Waals surface area contributed by atoms with Gasteiger partial charge in [0, 0.05) is 26.5 Å². The summed E-state index contributed by atoms with van der Waals surface area (Å²) in [5, 5.41) is 11.4. The summed E-state index contributed by atoms with van der Waals surface area (Å²) in [7, 11) is 3.49. The number of anilines is 1. The van der Waals surface area contributed by atoms with Crippen LogP contribution in [-0.2, 0) is 13.6 Å². The smallest absolute Gasteiger partial charge is 0.354 e. The van der Waals surface area contributed by atoms with E-state index in [-0.39, 0.29) is 11.7 Å². The van der Waals surface area contributed by atoms with Crippen molar-refractivity contribution in [2.75, 3.05) is 12.4 Å². The molecule has 0 aliphatic carbocycles. The summed E-state index contributed by atoms with van der Waals surface area (Å²) in [6, 6.07) is 2.49. The SMILES string of the molecule is CN(Cc1nccn1C)C(=O)Nc1ccc(C(=O)O)nc1. The monoisotopic (exact) mass is 289 g/mol. The Morgan fingerprint density at radius 2 is 2.14 bits per heavy atom. The second kappa shape index (κ2) is 6.04. The third-order valence-electron chi connectivity index (χ3n) is 2.88. The first-order valence-electron chi connectivity index (χ1n) is 6.15. The second-order valence-electron chi connectivity index (χ2n) is 4.48. The minimum atomic E-state index is -1.11. The molecule has 2 aromatic heterocycles. The molecule has 2 heterocycles. The van der Waals surface area contributed by atoms with E-state index < -0.39 is 5.97 Å². The Morgan fingerprint density at radius 3 is 2.67 bits per heavy atom. The van der Waals surface area contributed by atoms with E-state index in [1.165, 1.54) is 23.2 Å². The number of urea groups is 1. The van der Waals surface area contributed by atoms with Gasteiger partial charge in [-0.3, -0.25) is 0 Å². The van der Waals surface area contributed by atoms with Gasteiger partial charge in [0.25, 0.3) is 0 Å². The van der Waals surface area contributed by atoms with Crippen LogP contribution in [0.15, 0.2) is 30.7 Å². The molecule has 0 bridgehead atoms. The number of hydrogen-bond acceptors (Lipinski definition) is 4. The number of carboxylic acid groups (broad SMARTS) is 1. The highest BCUT2D eigenvalue weighted by atomic mass is 16.4. The summed E-state index contributed by atoms with van der Waals surface area (Å²) >= 11 is 0. The van der Waals surface area contributed by atoms with Gasteiger partial charge in [-0.25, -0.2) is 19.6 Å². The number of nitrogens with one attached hydrogen (secondary N) is 1. The Hall–Kier alpha value is -2.90. The molecule has 0 saturated heterocycles. The lowest BCUT2D eigenvalue weighted by atomic mass is 10.3. The van der Waals surface area contributed by atoms with Gasteiger partial charge < -0.3 is 19.9 Å². The molecule has 0 radical (unpaired) electrons. The lowest BCUT2D eigenvalue weighted by Gasteiger charge is -2.17. The molecule has 2 N–H and O–H groups in total. The molecule has 0 atom stereocenters. The second-order valence-corrected chi connectivity index (χ2v) is 4.48. The number of aromatic nitrogens is 3. The number of carboxylic acids is 1. The van der Waals surface area contributed by atoms with Crippen molar-refractivity contribution in [3.05, 3.63) is 42.2 Å². The number of carbonyl (C=O) groups excluding carboxylic acids is 1. The van der Waals surface area contributed by atoms with Crippen LogP contribution in [0.3, 0.4) is 0 Å². The number of nitrogens with zero attached hydrogens (tertiary/aromatic N) is 4. The van der Waals surface area contributed by atoms with Gasteiger partial charge in [-0.05, 0) is 12.1 Å². The normalized spacial score (nSPS) is 10.2. The quantitative estimate of drug-likeness (QED) is 0.880. The number of imidazole rings is 1. The predicted octanol–water partition coefficient (Wildman–Crippen LogP) is 1.18. The first kappa shape index (κ1) is 14.5. The van der Waals surface area contributed by atoms with E-state index in [1.807, 2.05) is 11.6 Å². The Balaban J connectivity index is 1.97. The Bertz CT molecular complexity index is 650. The lowest BCUT2D eigenvalue weighted by molar-refractivity contribution is 0.0690. The maximum Gasteiger partial charge on any atom is 0.354 e. The third-order valence-corrected chi connectivity index (χ3v) is 2.88. The van der Waals surface area contributed by atoms with Gasteiger partial charge in [0.1, 0.15) is 11.5 Å². The molecule has 2 rings (SSSR count). The zero-order chi connectivity index (χ0) is 15.4. The molecule has 0 spiro atoms. The van der Waals surface area contributed by atoms with E-state index in [0.717, 1.165) is 5.82 Å². The number of carbonyl (C=O) groups is 2. The van der Waals surface area contributed by atoms with Crippen LogP contribution in [0.25, 0.3) is 0 Å². The first-order valence-corrected chi connectivity index (χ1v) is 6.15. The van der Waals surface area contributed by atoms with E-state index in [1.54, 1.807) is 19.4 Å². The van der Waals surface area contributed by atoms with Crippen LogP contribution in [0.5, 0.6) is 0 Å². The fourth-order valence-electron chi connectivity index (χ4n) is 1.65. The van der Waals surface area contributed by atoms with E-state index in [2.05, 4.69) is 15.3 Å². The number of amides is 2. The third kappa shape index (κ3) is 3.56. The van der Waals surface area contributed by atoms with Gasteiger partial charge in [-0.1, -0.05) is 0 Å². The van der Waals surface area contributed by atoms with Crippen molar-refractivity contribution >= 4 is 17.7 Å². The molecule has 0 aliphatic rings. The first-order chi connectivity index (χ1) is 9.97. The number of hydrogen-bond donors (Lipinski definition) is 2. The minimum absolute atomic E-state index is 0.0747. The summed E-state index contributed by atoms with van der Waals surface area (Å²) in [4.78, 5) is 32.0. The molecule has 0 fully saturated rings.